The Bertz CT molecular complexity index is 2340. The van der Waals surface area contributed by atoms with Gasteiger partial charge in [0.25, 0.3) is 5.91 Å². The number of aliphatic hydroxyl groups excluding tert-OH is 1. The smallest absolute Gasteiger partial charge is 0.398 e. The Hall–Kier alpha value is -5.43. The molecular weight excluding hydrogens is 994 g/mol. The van der Waals surface area contributed by atoms with Crippen LogP contribution in [0.5, 0.6) is 5.75 Å². The van der Waals surface area contributed by atoms with Crippen LogP contribution in [0.1, 0.15) is 78.7 Å². The Kier molecular flexibility index (Phi) is 21.5. The van der Waals surface area contributed by atoms with Crippen LogP contribution in [0.4, 0.5) is 0 Å². The van der Waals surface area contributed by atoms with Gasteiger partial charge in [-0.05, 0) is 62.1 Å². The van der Waals surface area contributed by atoms with Gasteiger partial charge in [0.2, 0.25) is 29.5 Å². The molecule has 2 bridgehead atoms. The molecule has 0 aromatic heterocycles. The summed E-state index contributed by atoms with van der Waals surface area (Å²) in [7, 11) is -9.72. The van der Waals surface area contributed by atoms with Gasteiger partial charge < -0.3 is 57.5 Å². The number of nitrogens with one attached hydrogen (secondary N) is 4. The first kappa shape index (κ1) is 58.9. The summed E-state index contributed by atoms with van der Waals surface area (Å²) in [6, 6.07) is -5.83. The van der Waals surface area contributed by atoms with Gasteiger partial charge in [-0.2, -0.15) is 16.8 Å². The third-order valence-electron chi connectivity index (χ3n) is 11.8. The van der Waals surface area contributed by atoms with Crippen LogP contribution < -0.4 is 32.7 Å². The molecule has 27 nitrogen and oxygen atoms in total. The Balaban J connectivity index is 2.31. The number of carbonyl (C=O) groups is 7. The average Bonchev–Trinajstić information content (AvgIpc) is 3.27. The number of fused-ring (bicyclic) bond motifs is 2. The number of cyclic esters (lactones) is 1. The van der Waals surface area contributed by atoms with E-state index in [1.165, 1.54) is 25.2 Å². The van der Waals surface area contributed by atoms with Gasteiger partial charge in [-0.15, -0.1) is 0 Å². The number of esters is 1. The molecule has 394 valence electrons. The maximum Gasteiger partial charge on any atom is 0.398 e. The predicted octanol–water partition coefficient (Wildman–Crippen LogP) is -2.24. The van der Waals surface area contributed by atoms with E-state index in [1.807, 2.05) is 5.32 Å². The van der Waals surface area contributed by atoms with Gasteiger partial charge in [0.15, 0.2) is 12.1 Å². The fraction of sp³-hybridized carbons (Fsp3) is 0.650. The minimum Gasteiger partial charge on any atom is -0.506 e. The fourth-order valence-electron chi connectivity index (χ4n) is 7.52. The summed E-state index contributed by atoms with van der Waals surface area (Å²) >= 11 is 6.21. The highest BCUT2D eigenvalue weighted by Crippen LogP contribution is 2.29. The molecule has 2 heterocycles. The van der Waals surface area contributed by atoms with Crippen LogP contribution in [0, 0.1) is 11.8 Å². The van der Waals surface area contributed by atoms with Crippen LogP contribution in [0.25, 0.3) is 0 Å². The third-order valence-corrected chi connectivity index (χ3v) is 13.0. The van der Waals surface area contributed by atoms with Crippen LogP contribution in [0.15, 0.2) is 23.2 Å². The zero-order chi connectivity index (χ0) is 53.0. The molecule has 0 radical (unpaired) electrons. The van der Waals surface area contributed by atoms with Crippen molar-refractivity contribution in [1.29, 1.82) is 0 Å². The minimum absolute atomic E-state index is 0.0245. The number of aliphatic hydroxyl groups is 1. The van der Waals surface area contributed by atoms with E-state index < -0.39 is 135 Å². The van der Waals surface area contributed by atoms with Gasteiger partial charge in [-0.1, -0.05) is 58.2 Å². The number of aromatic hydroxyl groups is 1. The van der Waals surface area contributed by atoms with E-state index in [-0.39, 0.29) is 68.2 Å². The molecule has 0 aliphatic carbocycles. The number of amides is 6. The first-order valence-electron chi connectivity index (χ1n) is 22.0. The molecule has 30 heteroatoms. The number of hydrogen-bond donors (Lipinski definition) is 10. The number of rotatable bonds is 17. The van der Waals surface area contributed by atoms with Crippen LogP contribution in [-0.4, -0.2) is 168 Å². The summed E-state index contributed by atoms with van der Waals surface area (Å²) in [5.41, 5.74) is 11.2. The van der Waals surface area contributed by atoms with Gasteiger partial charge in [0.1, 0.15) is 60.9 Å². The highest BCUT2D eigenvalue weighted by molar-refractivity contribution is 7.81. The standard InChI is InChI=1S/C40H62ClN9O18S2/c1-7-19(3)30-39(59)67-21(5)31(48-35(55)28(68-70(63,64)65)18-66-69(60,61)62)36(56)45-24(10-9-15-44-40(42)43)33(53)46-25-12-14-29(52)50(37(25)57)32(20(4)8-2)38(58)49(6)26(34(54)47-30)17-22-11-13-27(51)23(41)16-22/h11,13,16,19-21,24-26,28-32,51-52H,7-10,12,14-15,17-18H2,1-6H3,(H,45,56)(H,46,53)(H,47,54)(H,48,55)(H4,42,43,44)(H,60,61,62)(H,63,64,65)/t19?,20?,21-,24+,25?,26?,28?,29-,30+,31+,32+/m1/s1. The number of piperidine rings is 1. The number of benzene rings is 1. The lowest BCUT2D eigenvalue weighted by molar-refractivity contribution is -0.168. The molecule has 11 atom stereocenters. The van der Waals surface area contributed by atoms with Crippen molar-refractivity contribution in [2.75, 3.05) is 20.2 Å². The van der Waals surface area contributed by atoms with Crippen molar-refractivity contribution in [1.82, 2.24) is 31.1 Å². The summed E-state index contributed by atoms with van der Waals surface area (Å²) < 4.78 is 78.6. The van der Waals surface area contributed by atoms with E-state index in [9.17, 15) is 65.2 Å². The minimum atomic E-state index is -5.60. The number of aliphatic imine (C=N–C) groups is 1. The molecule has 1 aromatic carbocycles. The number of guanidine groups is 1. The maximum atomic E-state index is 14.9. The lowest BCUT2D eigenvalue weighted by Crippen LogP contribution is -2.66. The quantitative estimate of drug-likeness (QED) is 0.0259. The highest BCUT2D eigenvalue weighted by Gasteiger charge is 2.47. The number of likely N-dealkylation sites (N-methyl/N-ethyl adjacent to an activating group) is 1. The van der Waals surface area contributed by atoms with Crippen molar-refractivity contribution in [2.45, 2.75) is 134 Å². The van der Waals surface area contributed by atoms with E-state index in [0.717, 1.165) is 16.7 Å². The first-order chi connectivity index (χ1) is 32.5. The van der Waals surface area contributed by atoms with Crippen molar-refractivity contribution >= 4 is 79.8 Å². The molecule has 2 saturated heterocycles. The van der Waals surface area contributed by atoms with E-state index >= 15 is 0 Å². The van der Waals surface area contributed by atoms with Gasteiger partial charge in [-0.3, -0.25) is 42.9 Å². The number of nitrogens with two attached hydrogens (primary N) is 2. The number of phenols is 1. The first-order valence-corrected chi connectivity index (χ1v) is 25.1. The fourth-order valence-corrected chi connectivity index (χ4v) is 8.46. The Morgan fingerprint density at radius 1 is 0.957 bits per heavy atom. The molecule has 2 fully saturated rings. The molecule has 2 aliphatic rings. The summed E-state index contributed by atoms with van der Waals surface area (Å²) in [6.45, 7) is 5.89. The lowest BCUT2D eigenvalue weighted by Gasteiger charge is -2.44. The Morgan fingerprint density at radius 2 is 1.60 bits per heavy atom. The largest absolute Gasteiger partial charge is 0.506 e. The second-order valence-corrected chi connectivity index (χ2v) is 19.4. The van der Waals surface area contributed by atoms with Crippen molar-refractivity contribution in [3.05, 3.63) is 28.8 Å². The second-order valence-electron chi connectivity index (χ2n) is 16.9. The normalized spacial score (nSPS) is 26.0. The number of phenolic OH excluding ortho intramolecular Hbond substituents is 1. The highest BCUT2D eigenvalue weighted by atomic mass is 35.5. The van der Waals surface area contributed by atoms with E-state index in [4.69, 9.17) is 32.4 Å². The summed E-state index contributed by atoms with van der Waals surface area (Å²) in [5, 5.41) is 31.0. The van der Waals surface area contributed by atoms with Gasteiger partial charge in [0, 0.05) is 20.0 Å². The third kappa shape index (κ3) is 16.9. The number of carbonyl (C=O) groups excluding carboxylic acids is 7. The van der Waals surface area contributed by atoms with Crippen molar-refractivity contribution in [3.63, 3.8) is 0 Å². The zero-order valence-corrected chi connectivity index (χ0v) is 41.5. The summed E-state index contributed by atoms with van der Waals surface area (Å²) in [5.74, 6) is -10.1. The van der Waals surface area contributed by atoms with Crippen molar-refractivity contribution < 1.29 is 82.8 Å². The maximum absolute atomic E-state index is 14.9. The van der Waals surface area contributed by atoms with Gasteiger partial charge >= 0.3 is 26.8 Å². The topological polar surface area (TPSA) is 415 Å². The molecule has 5 unspecified atom stereocenters. The molecule has 0 saturated carbocycles. The molecule has 70 heavy (non-hydrogen) atoms. The zero-order valence-electron chi connectivity index (χ0n) is 39.1. The van der Waals surface area contributed by atoms with E-state index in [2.05, 4.69) is 29.3 Å². The lowest BCUT2D eigenvalue weighted by atomic mass is 9.91. The van der Waals surface area contributed by atoms with Crippen LogP contribution in [-0.2, 0) is 73.9 Å². The SMILES string of the molecule is CCC(C)[C@@H]1NC(=O)C(Cc2ccc(O)c(Cl)c2)N(C)C(=O)[C@H](C(C)CC)N2C(=O)C(CC[C@H]2O)NC(=O)[C@H](CCCN=C(N)N)NC(=O)[C@@H](NC(=O)C(COS(=O)(=O)O)OS(=O)(=O)O)[C@@H](C)OC1=O. The van der Waals surface area contributed by atoms with E-state index in [1.54, 1.807) is 27.7 Å². The van der Waals surface area contributed by atoms with Gasteiger partial charge in [0.05, 0.1) is 5.02 Å². The molecular formula is C40H62ClN9O18S2. The average molecular weight is 1060 g/mol. The predicted molar refractivity (Wildman–Crippen MR) is 245 cm³/mol. The van der Waals surface area contributed by atoms with Crippen molar-refractivity contribution in [2.24, 2.45) is 28.3 Å². The Morgan fingerprint density at radius 3 is 2.17 bits per heavy atom. The molecule has 2 aliphatic heterocycles. The van der Waals surface area contributed by atoms with Crippen LogP contribution >= 0.6 is 11.6 Å². The van der Waals surface area contributed by atoms with Crippen LogP contribution in [0.2, 0.25) is 5.02 Å². The van der Waals surface area contributed by atoms with Crippen LogP contribution in [0.3, 0.4) is 0 Å². The summed E-state index contributed by atoms with van der Waals surface area (Å²) in [4.78, 5) is 106. The number of halogens is 1. The molecule has 1 aromatic rings. The number of hydrogen-bond acceptors (Lipinski definition) is 17. The number of ether oxygens (including phenoxy) is 1. The van der Waals surface area contributed by atoms with Gasteiger partial charge in [-0.25, -0.2) is 13.2 Å². The molecule has 6 amide bonds. The molecule has 0 spiro atoms. The Labute approximate surface area is 409 Å². The molecule has 12 N–H and O–H groups in total. The van der Waals surface area contributed by atoms with E-state index in [0.29, 0.717) is 5.56 Å². The second kappa shape index (κ2) is 25.6. The summed E-state index contributed by atoms with van der Waals surface area (Å²) in [6.07, 6.45) is -6.60. The van der Waals surface area contributed by atoms with Crippen molar-refractivity contribution in [3.8, 4) is 5.75 Å². The molecule has 3 rings (SSSR count). The number of nitrogens with zero attached hydrogens (tertiary/aromatic N) is 3. The monoisotopic (exact) mass is 1060 g/mol.